The SMILES string of the molecule is C[C@H]1CC[C@H]2C(C)(C)[C@H](O)CC[C@]2(C)[C@@]12Cc1c(O)cc3c(c1O2)C(=O)NC3. The zero-order valence-electron chi connectivity index (χ0n) is 17.3. The number of benzene rings is 1. The van der Waals surface area contributed by atoms with Crippen molar-refractivity contribution in [2.75, 3.05) is 0 Å². The number of carbonyl (C=O) groups excluding carboxylic acids is 1. The van der Waals surface area contributed by atoms with E-state index in [1.807, 2.05) is 0 Å². The number of rotatable bonds is 0. The van der Waals surface area contributed by atoms with Crippen LogP contribution in [0.25, 0.3) is 0 Å². The van der Waals surface area contributed by atoms with Crippen molar-refractivity contribution in [3.05, 3.63) is 22.8 Å². The quantitative estimate of drug-likeness (QED) is 0.638. The first-order valence-corrected chi connectivity index (χ1v) is 10.6. The Morgan fingerprint density at radius 3 is 2.71 bits per heavy atom. The van der Waals surface area contributed by atoms with Gasteiger partial charge in [-0.25, -0.2) is 0 Å². The zero-order chi connectivity index (χ0) is 20.1. The Labute approximate surface area is 166 Å². The summed E-state index contributed by atoms with van der Waals surface area (Å²) in [4.78, 5) is 12.5. The van der Waals surface area contributed by atoms with E-state index >= 15 is 0 Å². The molecule has 0 saturated heterocycles. The van der Waals surface area contributed by atoms with Crippen LogP contribution in [0.3, 0.4) is 0 Å². The number of carbonyl (C=O) groups is 1. The molecule has 2 aliphatic heterocycles. The van der Waals surface area contributed by atoms with Crippen molar-refractivity contribution in [2.45, 2.75) is 78.0 Å². The van der Waals surface area contributed by atoms with Crippen molar-refractivity contribution in [2.24, 2.45) is 22.7 Å². The normalized spacial score (nSPS) is 40.5. The monoisotopic (exact) mass is 385 g/mol. The van der Waals surface area contributed by atoms with Crippen molar-refractivity contribution in [3.8, 4) is 11.5 Å². The number of aliphatic hydroxyl groups excluding tert-OH is 1. The molecule has 5 rings (SSSR count). The molecule has 0 bridgehead atoms. The summed E-state index contributed by atoms with van der Waals surface area (Å²) in [6.07, 6.45) is 4.10. The molecule has 1 spiro atoms. The minimum Gasteiger partial charge on any atom is -0.508 e. The van der Waals surface area contributed by atoms with Gasteiger partial charge in [-0.15, -0.1) is 0 Å². The molecular formula is C23H31NO4. The Balaban J connectivity index is 1.66. The number of aromatic hydroxyl groups is 1. The third-order valence-electron chi connectivity index (χ3n) is 8.95. The Kier molecular flexibility index (Phi) is 3.55. The van der Waals surface area contributed by atoms with E-state index in [-0.39, 0.29) is 28.6 Å². The lowest BCUT2D eigenvalue weighted by atomic mass is 9.43. The van der Waals surface area contributed by atoms with Crippen molar-refractivity contribution in [1.29, 1.82) is 0 Å². The molecule has 2 saturated carbocycles. The van der Waals surface area contributed by atoms with Crippen molar-refractivity contribution in [1.82, 2.24) is 5.32 Å². The largest absolute Gasteiger partial charge is 0.508 e. The fourth-order valence-electron chi connectivity index (χ4n) is 7.19. The highest BCUT2D eigenvalue weighted by Gasteiger charge is 2.67. The average molecular weight is 386 g/mol. The number of nitrogens with one attached hydrogen (secondary N) is 1. The van der Waals surface area contributed by atoms with Gasteiger partial charge in [-0.2, -0.15) is 0 Å². The van der Waals surface area contributed by atoms with E-state index in [0.29, 0.717) is 36.1 Å². The van der Waals surface area contributed by atoms with Gasteiger partial charge in [0.2, 0.25) is 0 Å². The lowest BCUT2D eigenvalue weighted by Gasteiger charge is -2.64. The van der Waals surface area contributed by atoms with Gasteiger partial charge in [0.1, 0.15) is 17.1 Å². The molecule has 4 aliphatic rings. The molecule has 5 atom stereocenters. The maximum Gasteiger partial charge on any atom is 0.255 e. The molecule has 3 N–H and O–H groups in total. The fraction of sp³-hybridized carbons (Fsp3) is 0.696. The van der Waals surface area contributed by atoms with Crippen molar-refractivity contribution in [3.63, 3.8) is 0 Å². The molecule has 2 fully saturated rings. The molecule has 0 radical (unpaired) electrons. The predicted octanol–water partition coefficient (Wildman–Crippen LogP) is 3.54. The number of fused-ring (bicyclic) bond motifs is 5. The minimum atomic E-state index is -0.453. The molecule has 1 aromatic rings. The summed E-state index contributed by atoms with van der Waals surface area (Å²) < 4.78 is 6.84. The van der Waals surface area contributed by atoms with Crippen LogP contribution in [0.1, 0.15) is 74.9 Å². The molecule has 1 amide bonds. The van der Waals surface area contributed by atoms with E-state index in [1.165, 1.54) is 0 Å². The van der Waals surface area contributed by atoms with E-state index in [9.17, 15) is 15.0 Å². The third kappa shape index (κ3) is 1.99. The number of hydrogen-bond acceptors (Lipinski definition) is 4. The molecule has 5 nitrogen and oxygen atoms in total. The minimum absolute atomic E-state index is 0.104. The Morgan fingerprint density at radius 1 is 1.21 bits per heavy atom. The maximum absolute atomic E-state index is 12.5. The van der Waals surface area contributed by atoms with Crippen LogP contribution >= 0.6 is 0 Å². The summed E-state index contributed by atoms with van der Waals surface area (Å²) in [7, 11) is 0. The van der Waals surface area contributed by atoms with E-state index in [4.69, 9.17) is 4.74 Å². The third-order valence-corrected chi connectivity index (χ3v) is 8.95. The number of amides is 1. The molecule has 0 unspecified atom stereocenters. The van der Waals surface area contributed by atoms with Gasteiger partial charge in [0.05, 0.1) is 11.7 Å². The molecule has 1 aromatic carbocycles. The zero-order valence-corrected chi connectivity index (χ0v) is 17.3. The van der Waals surface area contributed by atoms with Crippen LogP contribution < -0.4 is 10.1 Å². The Morgan fingerprint density at radius 2 is 1.96 bits per heavy atom. The number of aliphatic hydroxyl groups is 1. The lowest BCUT2D eigenvalue weighted by Crippen LogP contribution is -2.66. The van der Waals surface area contributed by atoms with Crippen LogP contribution in [0.15, 0.2) is 6.07 Å². The highest BCUT2D eigenvalue weighted by molar-refractivity contribution is 6.02. The Hall–Kier alpha value is -1.75. The second-order valence-corrected chi connectivity index (χ2v) is 10.4. The van der Waals surface area contributed by atoms with Crippen LogP contribution in [-0.4, -0.2) is 27.8 Å². The van der Waals surface area contributed by atoms with E-state index in [1.54, 1.807) is 6.07 Å². The number of ether oxygens (including phenoxy) is 1. The van der Waals surface area contributed by atoms with E-state index < -0.39 is 5.60 Å². The van der Waals surface area contributed by atoms with E-state index in [2.05, 4.69) is 33.0 Å². The molecule has 5 heteroatoms. The van der Waals surface area contributed by atoms with Gasteiger partial charge >= 0.3 is 0 Å². The first-order valence-electron chi connectivity index (χ1n) is 10.6. The van der Waals surface area contributed by atoms with Gasteiger partial charge in [0, 0.05) is 23.9 Å². The summed E-state index contributed by atoms with van der Waals surface area (Å²) in [5.74, 6) is 1.38. The van der Waals surface area contributed by atoms with Gasteiger partial charge in [-0.3, -0.25) is 4.79 Å². The molecule has 152 valence electrons. The first-order chi connectivity index (χ1) is 13.1. The second kappa shape index (κ2) is 5.44. The maximum atomic E-state index is 12.5. The van der Waals surface area contributed by atoms with Crippen molar-refractivity contribution >= 4 is 5.91 Å². The van der Waals surface area contributed by atoms with Crippen molar-refractivity contribution < 1.29 is 19.7 Å². The lowest BCUT2D eigenvalue weighted by molar-refractivity contribution is -0.210. The van der Waals surface area contributed by atoms with Gasteiger partial charge in [-0.05, 0) is 54.6 Å². The van der Waals surface area contributed by atoms with Crippen LogP contribution in [0, 0.1) is 22.7 Å². The summed E-state index contributed by atoms with van der Waals surface area (Å²) in [6.45, 7) is 9.40. The molecule has 28 heavy (non-hydrogen) atoms. The highest BCUT2D eigenvalue weighted by Crippen LogP contribution is 2.67. The average Bonchev–Trinajstić information content (AvgIpc) is 3.20. The highest BCUT2D eigenvalue weighted by atomic mass is 16.5. The smallest absolute Gasteiger partial charge is 0.255 e. The number of phenolic OH excluding ortho intramolecular Hbond substituents is 1. The molecular weight excluding hydrogens is 354 g/mol. The summed E-state index contributed by atoms with van der Waals surface area (Å²) >= 11 is 0. The predicted molar refractivity (Wildman–Crippen MR) is 105 cm³/mol. The number of phenols is 1. The van der Waals surface area contributed by atoms with E-state index in [0.717, 1.165) is 36.8 Å². The first kappa shape index (κ1) is 18.3. The van der Waals surface area contributed by atoms with Gasteiger partial charge in [0.15, 0.2) is 0 Å². The van der Waals surface area contributed by atoms with Gasteiger partial charge in [-0.1, -0.05) is 27.7 Å². The second-order valence-electron chi connectivity index (χ2n) is 10.4. The molecule has 2 heterocycles. The summed E-state index contributed by atoms with van der Waals surface area (Å²) in [5, 5.41) is 24.3. The standard InChI is InChI=1S/C23H31NO4/c1-12-5-6-16-21(2,3)17(26)7-8-22(16,4)23(12)10-14-15(25)9-13-11-24-20(27)18(13)19(14)28-23/h9,12,16-17,25-26H,5-8,10-11H2,1-4H3,(H,24,27)/t12-,16-,17+,22-,23+/m0/s1. The summed E-state index contributed by atoms with van der Waals surface area (Å²) in [5.41, 5.74) is 1.46. The Bertz CT molecular complexity index is 878. The fourth-order valence-corrected chi connectivity index (χ4v) is 7.19. The van der Waals surface area contributed by atoms with Gasteiger partial charge in [0.25, 0.3) is 5.91 Å². The van der Waals surface area contributed by atoms with Crippen LogP contribution in [0.4, 0.5) is 0 Å². The van der Waals surface area contributed by atoms with Gasteiger partial charge < -0.3 is 20.3 Å². The van der Waals surface area contributed by atoms with Crippen LogP contribution in [0.5, 0.6) is 11.5 Å². The molecule has 2 aliphatic carbocycles. The molecule has 0 aromatic heterocycles. The summed E-state index contributed by atoms with van der Waals surface area (Å²) in [6, 6.07) is 1.73. The number of hydrogen-bond donors (Lipinski definition) is 3. The van der Waals surface area contributed by atoms with Crippen LogP contribution in [-0.2, 0) is 13.0 Å². The van der Waals surface area contributed by atoms with Crippen LogP contribution in [0.2, 0.25) is 0 Å². The topological polar surface area (TPSA) is 78.8 Å².